The standard InChI is InChI=1S/C26H32ClFN2O/c1-17(30-24(31)25-9-12-26(27,13-10-25)14-11-25)18-2-4-19(5-3-18)21-8-15-29-23-7-6-20(28)16-22(21)23/h6-8,15-19H,2-5,9-14H2,1H3,(H,30,31). The Morgan fingerprint density at radius 2 is 1.77 bits per heavy atom. The van der Waals surface area contributed by atoms with Gasteiger partial charge in [0.15, 0.2) is 0 Å². The summed E-state index contributed by atoms with van der Waals surface area (Å²) in [7, 11) is 0. The number of hydrogen-bond donors (Lipinski definition) is 1. The van der Waals surface area contributed by atoms with Crippen molar-refractivity contribution in [3.05, 3.63) is 41.8 Å². The van der Waals surface area contributed by atoms with Crippen LogP contribution in [0.5, 0.6) is 0 Å². The minimum Gasteiger partial charge on any atom is -0.353 e. The highest BCUT2D eigenvalue weighted by atomic mass is 35.5. The van der Waals surface area contributed by atoms with E-state index >= 15 is 0 Å². The van der Waals surface area contributed by atoms with Crippen molar-refractivity contribution in [2.75, 3.05) is 0 Å². The van der Waals surface area contributed by atoms with Crippen molar-refractivity contribution in [3.63, 3.8) is 0 Å². The molecule has 1 N–H and O–H groups in total. The highest BCUT2D eigenvalue weighted by Gasteiger charge is 2.51. The average molecular weight is 443 g/mol. The Labute approximate surface area is 189 Å². The van der Waals surface area contributed by atoms with Gasteiger partial charge in [0.2, 0.25) is 5.91 Å². The number of carbonyl (C=O) groups excluding carboxylic acids is 1. The molecular weight excluding hydrogens is 411 g/mol. The minimum atomic E-state index is -0.206. The van der Waals surface area contributed by atoms with Crippen LogP contribution in [0.15, 0.2) is 30.5 Å². The number of hydrogen-bond acceptors (Lipinski definition) is 2. The second-order valence-corrected chi connectivity index (χ2v) is 11.2. The monoisotopic (exact) mass is 442 g/mol. The molecule has 166 valence electrons. The summed E-state index contributed by atoms with van der Waals surface area (Å²) >= 11 is 6.64. The number of alkyl halides is 1. The van der Waals surface area contributed by atoms with Crippen molar-refractivity contribution in [1.29, 1.82) is 0 Å². The number of rotatable bonds is 4. The van der Waals surface area contributed by atoms with Gasteiger partial charge in [0.1, 0.15) is 5.82 Å². The number of carbonyl (C=O) groups is 1. The average Bonchev–Trinajstić information content (AvgIpc) is 2.79. The second kappa shape index (κ2) is 8.03. The third kappa shape index (κ3) is 3.97. The Morgan fingerprint density at radius 3 is 2.45 bits per heavy atom. The fourth-order valence-corrected chi connectivity index (χ4v) is 6.67. The maximum absolute atomic E-state index is 13.8. The molecule has 4 saturated carbocycles. The van der Waals surface area contributed by atoms with E-state index in [0.717, 1.165) is 75.1 Å². The largest absolute Gasteiger partial charge is 0.353 e. The molecule has 4 aliphatic carbocycles. The lowest BCUT2D eigenvalue weighted by Crippen LogP contribution is -2.53. The minimum absolute atomic E-state index is 0.0356. The first-order chi connectivity index (χ1) is 14.9. The van der Waals surface area contributed by atoms with Crippen molar-refractivity contribution < 1.29 is 9.18 Å². The highest BCUT2D eigenvalue weighted by Crippen LogP contribution is 2.55. The maximum Gasteiger partial charge on any atom is 0.226 e. The van der Waals surface area contributed by atoms with Gasteiger partial charge in [-0.15, -0.1) is 11.6 Å². The van der Waals surface area contributed by atoms with Crippen LogP contribution in [0.2, 0.25) is 0 Å². The van der Waals surface area contributed by atoms with E-state index in [9.17, 15) is 9.18 Å². The Hall–Kier alpha value is -1.68. The van der Waals surface area contributed by atoms with Gasteiger partial charge < -0.3 is 5.32 Å². The third-order valence-corrected chi connectivity index (χ3v) is 9.22. The van der Waals surface area contributed by atoms with Gasteiger partial charge in [-0.2, -0.15) is 0 Å². The Bertz CT molecular complexity index is 960. The number of benzene rings is 1. The number of amides is 1. The lowest BCUT2D eigenvalue weighted by Gasteiger charge is -2.50. The predicted molar refractivity (Wildman–Crippen MR) is 123 cm³/mol. The van der Waals surface area contributed by atoms with Crippen LogP contribution in [0.4, 0.5) is 4.39 Å². The molecule has 0 saturated heterocycles. The number of fused-ring (bicyclic) bond motifs is 4. The predicted octanol–water partition coefficient (Wildman–Crippen LogP) is 6.48. The summed E-state index contributed by atoms with van der Waals surface area (Å²) in [6.45, 7) is 2.17. The highest BCUT2D eigenvalue weighted by molar-refractivity contribution is 6.24. The van der Waals surface area contributed by atoms with Gasteiger partial charge in [-0.05, 0) is 113 Å². The van der Waals surface area contributed by atoms with Gasteiger partial charge in [-0.1, -0.05) is 0 Å². The molecule has 2 bridgehead atoms. The zero-order valence-electron chi connectivity index (χ0n) is 18.3. The van der Waals surface area contributed by atoms with Crippen molar-refractivity contribution in [3.8, 4) is 0 Å². The number of halogens is 2. The summed E-state index contributed by atoms with van der Waals surface area (Å²) in [6.07, 6.45) is 11.9. The molecule has 5 heteroatoms. The van der Waals surface area contributed by atoms with Crippen LogP contribution < -0.4 is 5.32 Å². The van der Waals surface area contributed by atoms with E-state index in [-0.39, 0.29) is 28.1 Å². The second-order valence-electron chi connectivity index (χ2n) is 10.4. The van der Waals surface area contributed by atoms with Crippen LogP contribution in [-0.2, 0) is 4.79 Å². The molecule has 0 spiro atoms. The van der Waals surface area contributed by atoms with Crippen molar-refractivity contribution in [1.82, 2.24) is 10.3 Å². The molecule has 1 amide bonds. The van der Waals surface area contributed by atoms with Gasteiger partial charge in [0, 0.05) is 27.9 Å². The molecule has 2 aromatic rings. The van der Waals surface area contributed by atoms with Crippen LogP contribution in [0.25, 0.3) is 10.9 Å². The fourth-order valence-electron chi connectivity index (χ4n) is 6.38. The van der Waals surface area contributed by atoms with Gasteiger partial charge >= 0.3 is 0 Å². The van der Waals surface area contributed by atoms with E-state index in [4.69, 9.17) is 11.6 Å². The van der Waals surface area contributed by atoms with Crippen LogP contribution in [0.3, 0.4) is 0 Å². The Balaban J connectivity index is 1.21. The number of nitrogens with one attached hydrogen (secondary N) is 1. The smallest absolute Gasteiger partial charge is 0.226 e. The molecule has 3 nitrogen and oxygen atoms in total. The summed E-state index contributed by atoms with van der Waals surface area (Å²) in [5, 5.41) is 4.34. The van der Waals surface area contributed by atoms with Crippen molar-refractivity contribution in [2.24, 2.45) is 11.3 Å². The van der Waals surface area contributed by atoms with E-state index in [1.807, 2.05) is 6.20 Å². The van der Waals surface area contributed by atoms with Crippen molar-refractivity contribution >= 4 is 28.4 Å². The molecule has 31 heavy (non-hydrogen) atoms. The van der Waals surface area contributed by atoms with Crippen LogP contribution >= 0.6 is 11.6 Å². The van der Waals surface area contributed by atoms with Crippen molar-refractivity contribution in [2.45, 2.75) is 88.0 Å². The molecule has 1 aromatic heterocycles. The first kappa shape index (κ1) is 21.2. The number of aromatic nitrogens is 1. The van der Waals surface area contributed by atoms with Crippen LogP contribution in [-0.4, -0.2) is 21.8 Å². The normalized spacial score (nSPS) is 33.9. The van der Waals surface area contributed by atoms with Crippen LogP contribution in [0, 0.1) is 17.2 Å². The molecule has 1 unspecified atom stereocenters. The van der Waals surface area contributed by atoms with Gasteiger partial charge in [0.05, 0.1) is 5.52 Å². The van der Waals surface area contributed by atoms with Gasteiger partial charge in [-0.25, -0.2) is 4.39 Å². The van der Waals surface area contributed by atoms with E-state index in [1.165, 1.54) is 11.6 Å². The zero-order chi connectivity index (χ0) is 21.6. The lowest BCUT2D eigenvalue weighted by molar-refractivity contribution is -0.137. The quantitative estimate of drug-likeness (QED) is 0.550. The Morgan fingerprint density at radius 1 is 1.10 bits per heavy atom. The third-order valence-electron chi connectivity index (χ3n) is 8.65. The summed E-state index contributed by atoms with van der Waals surface area (Å²) in [6, 6.07) is 7.11. The maximum atomic E-state index is 13.8. The first-order valence-electron chi connectivity index (χ1n) is 11.9. The lowest BCUT2D eigenvalue weighted by atomic mass is 9.59. The molecular formula is C26H32ClFN2O. The topological polar surface area (TPSA) is 42.0 Å². The van der Waals surface area contributed by atoms with E-state index < -0.39 is 0 Å². The van der Waals surface area contributed by atoms with Crippen LogP contribution in [0.1, 0.15) is 82.6 Å². The molecule has 6 rings (SSSR count). The first-order valence-corrected chi connectivity index (χ1v) is 12.3. The molecule has 1 heterocycles. The summed E-state index contributed by atoms with van der Waals surface area (Å²) < 4.78 is 13.8. The molecule has 1 aromatic carbocycles. The van der Waals surface area contributed by atoms with E-state index in [2.05, 4.69) is 23.3 Å². The molecule has 0 aliphatic heterocycles. The zero-order valence-corrected chi connectivity index (χ0v) is 19.1. The molecule has 0 radical (unpaired) electrons. The fraction of sp³-hybridized carbons (Fsp3) is 0.615. The molecule has 4 aliphatic rings. The Kier molecular flexibility index (Phi) is 5.48. The summed E-state index contributed by atoms with van der Waals surface area (Å²) in [4.78, 5) is 17.6. The van der Waals surface area contributed by atoms with Gasteiger partial charge in [-0.3, -0.25) is 9.78 Å². The molecule has 1 atom stereocenters. The summed E-state index contributed by atoms with van der Waals surface area (Å²) in [5.41, 5.74) is 1.90. The number of pyridine rings is 1. The number of nitrogens with zero attached hydrogens (tertiary/aromatic N) is 1. The van der Waals surface area contributed by atoms with Gasteiger partial charge in [0.25, 0.3) is 0 Å². The van der Waals surface area contributed by atoms with E-state index in [1.54, 1.807) is 12.1 Å². The molecule has 4 fully saturated rings. The SMILES string of the molecule is CC(NC(=O)C12CCC(Cl)(CC1)CC2)C1CCC(c2ccnc3ccc(F)cc23)CC1. The van der Waals surface area contributed by atoms with E-state index in [0.29, 0.717) is 11.8 Å². The summed E-state index contributed by atoms with van der Waals surface area (Å²) in [5.74, 6) is 0.985.